The lowest BCUT2D eigenvalue weighted by Gasteiger charge is -1.70. The largest absolute Gasteiger partial charge is 0.262 e. The molecule has 0 radical (unpaired) electrons. The van der Waals surface area contributed by atoms with E-state index in [0.717, 1.165) is 0 Å². The molecule has 0 fully saturated rings. The molecule has 10 heavy (non-hydrogen) atoms. The summed E-state index contributed by atoms with van der Waals surface area (Å²) in [6.45, 7) is 0. The summed E-state index contributed by atoms with van der Waals surface area (Å²) in [5.74, 6) is 0. The van der Waals surface area contributed by atoms with Crippen molar-refractivity contribution in [3.63, 3.8) is 0 Å². The van der Waals surface area contributed by atoms with Crippen LogP contribution in [0.3, 0.4) is 0 Å². The first-order valence-corrected chi connectivity index (χ1v) is 4.48. The topological polar surface area (TPSA) is 25.8 Å². The average molecular weight is 358 g/mol. The number of aromatic nitrogens is 2. The van der Waals surface area contributed by atoms with Crippen LogP contribution in [-0.2, 0) is 0 Å². The normalized spacial score (nSPS) is 6.20. The molecule has 0 spiro atoms. The third-order valence-electron chi connectivity index (χ3n) is 0.513. The van der Waals surface area contributed by atoms with E-state index in [4.69, 9.17) is 0 Å². The average Bonchev–Trinajstić information content (AvgIpc) is 2.08. The van der Waals surface area contributed by atoms with Gasteiger partial charge < -0.3 is 0 Å². The van der Waals surface area contributed by atoms with Crippen molar-refractivity contribution in [3.05, 3.63) is 24.8 Å². The Morgan fingerprint density at radius 3 is 1.20 bits per heavy atom. The van der Waals surface area contributed by atoms with Crippen molar-refractivity contribution in [2.75, 3.05) is 0 Å². The van der Waals surface area contributed by atoms with E-state index in [9.17, 15) is 0 Å². The molecule has 0 aliphatic carbocycles. The van der Waals surface area contributed by atoms with Crippen LogP contribution in [0.5, 0.6) is 0 Å². The molecule has 0 bridgehead atoms. The lowest BCUT2D eigenvalue weighted by atomic mass is 10.8. The van der Waals surface area contributed by atoms with E-state index in [2.05, 4.69) is 17.8 Å². The highest BCUT2D eigenvalue weighted by Gasteiger charge is 1.59. The van der Waals surface area contributed by atoms with Gasteiger partial charge >= 0.3 is 0 Å². The van der Waals surface area contributed by atoms with Crippen LogP contribution in [0.1, 0.15) is 0 Å². The van der Waals surface area contributed by atoms with E-state index in [-0.39, 0.29) is 0 Å². The predicted molar refractivity (Wildman–Crippen MR) is 57.8 cm³/mol. The smallest absolute Gasteiger partial charge is 0.0451 e. The maximum Gasteiger partial charge on any atom is 0.0451 e. The highest BCUT2D eigenvalue weighted by atomic mass is 127. The van der Waals surface area contributed by atoms with Crippen molar-refractivity contribution in [2.45, 2.75) is 0 Å². The van der Waals surface area contributed by atoms with E-state index < -0.39 is 0 Å². The Morgan fingerprint density at radius 2 is 1.10 bits per heavy atom. The molecule has 1 aromatic rings. The predicted octanol–water partition coefficient (Wildman–Crippen LogP) is 2.25. The molecule has 0 saturated carbocycles. The van der Waals surface area contributed by atoms with Crippen LogP contribution in [0.4, 0.5) is 0 Å². The number of hydrogen-bond donors (Lipinski definition) is 0. The fourth-order valence-corrected chi connectivity index (χ4v) is 0.253. The summed E-state index contributed by atoms with van der Waals surface area (Å²) < 4.78 is 5.27. The van der Waals surface area contributed by atoms with Gasteiger partial charge in [0.1, 0.15) is 0 Å². The lowest BCUT2D eigenvalue weighted by Crippen LogP contribution is -1.66. The quantitative estimate of drug-likeness (QED) is 0.525. The SMILES string of the molecule is IC#CI.c1cnccn1. The first-order valence-electron chi connectivity index (χ1n) is 2.33. The van der Waals surface area contributed by atoms with Crippen molar-refractivity contribution < 1.29 is 0 Å². The summed E-state index contributed by atoms with van der Waals surface area (Å²) in [5.41, 5.74) is 0. The second-order valence-electron chi connectivity index (χ2n) is 1.08. The monoisotopic (exact) mass is 358 g/mol. The van der Waals surface area contributed by atoms with E-state index in [1.54, 1.807) is 24.8 Å². The molecular weight excluding hydrogens is 354 g/mol. The standard InChI is InChI=1S/C4H4N2.C2I2/c1-2-6-4-3-5-1;3-1-2-4/h1-4H;. The Kier molecular flexibility index (Phi) is 9.19. The molecule has 2 nitrogen and oxygen atoms in total. The zero-order valence-electron chi connectivity index (χ0n) is 4.96. The summed E-state index contributed by atoms with van der Waals surface area (Å²) in [6.07, 6.45) is 6.56. The van der Waals surface area contributed by atoms with Crippen molar-refractivity contribution in [2.24, 2.45) is 0 Å². The molecule has 0 N–H and O–H groups in total. The lowest BCUT2D eigenvalue weighted by molar-refractivity contribution is 1.20. The van der Waals surface area contributed by atoms with Crippen LogP contribution in [0, 0.1) is 7.85 Å². The summed E-state index contributed by atoms with van der Waals surface area (Å²) in [7, 11) is 0. The van der Waals surface area contributed by atoms with Crippen LogP contribution in [0.2, 0.25) is 0 Å². The van der Waals surface area contributed by atoms with E-state index in [0.29, 0.717) is 0 Å². The van der Waals surface area contributed by atoms with Gasteiger partial charge in [-0.05, 0) is 7.85 Å². The molecule has 1 aromatic heterocycles. The van der Waals surface area contributed by atoms with Gasteiger partial charge in [0.2, 0.25) is 0 Å². The number of hydrogen-bond acceptors (Lipinski definition) is 2. The van der Waals surface area contributed by atoms with E-state index in [1.807, 2.05) is 45.2 Å². The Labute approximate surface area is 87.1 Å². The van der Waals surface area contributed by atoms with Crippen LogP contribution < -0.4 is 0 Å². The minimum atomic E-state index is 1.64. The van der Waals surface area contributed by atoms with Crippen molar-refractivity contribution in [1.82, 2.24) is 9.97 Å². The molecule has 0 atom stereocenters. The van der Waals surface area contributed by atoms with Gasteiger partial charge in [-0.3, -0.25) is 9.97 Å². The molecule has 0 saturated heterocycles. The Morgan fingerprint density at radius 1 is 0.800 bits per heavy atom. The summed E-state index contributed by atoms with van der Waals surface area (Å²) in [5, 5.41) is 0. The molecule has 1 heterocycles. The third-order valence-corrected chi connectivity index (χ3v) is 2.08. The summed E-state index contributed by atoms with van der Waals surface area (Å²) >= 11 is 3.97. The Balaban J connectivity index is 0.000000180. The van der Waals surface area contributed by atoms with Gasteiger partial charge in [0.15, 0.2) is 0 Å². The first kappa shape index (κ1) is 10.1. The second kappa shape index (κ2) is 9.10. The second-order valence-corrected chi connectivity index (χ2v) is 2.16. The van der Waals surface area contributed by atoms with Gasteiger partial charge in [-0.25, -0.2) is 0 Å². The molecular formula is C6H4I2N2. The zero-order valence-corrected chi connectivity index (χ0v) is 9.27. The van der Waals surface area contributed by atoms with Crippen molar-refractivity contribution in [1.29, 1.82) is 0 Å². The van der Waals surface area contributed by atoms with Gasteiger partial charge in [-0.15, -0.1) is 0 Å². The van der Waals surface area contributed by atoms with Gasteiger partial charge in [0.05, 0.1) is 0 Å². The molecule has 0 amide bonds. The van der Waals surface area contributed by atoms with Crippen molar-refractivity contribution >= 4 is 45.2 Å². The van der Waals surface area contributed by atoms with Gasteiger partial charge in [0, 0.05) is 70.0 Å². The van der Waals surface area contributed by atoms with Crippen LogP contribution >= 0.6 is 45.2 Å². The van der Waals surface area contributed by atoms with E-state index in [1.165, 1.54) is 0 Å². The highest BCUT2D eigenvalue weighted by Crippen LogP contribution is 1.75. The number of nitrogens with zero attached hydrogens (tertiary/aromatic N) is 2. The van der Waals surface area contributed by atoms with Gasteiger partial charge in [-0.1, -0.05) is 0 Å². The minimum Gasteiger partial charge on any atom is -0.262 e. The van der Waals surface area contributed by atoms with Crippen LogP contribution in [0.15, 0.2) is 24.8 Å². The number of halogens is 2. The molecule has 0 aliphatic rings. The van der Waals surface area contributed by atoms with Gasteiger partial charge in [0.25, 0.3) is 0 Å². The van der Waals surface area contributed by atoms with Crippen molar-refractivity contribution in [3.8, 4) is 7.85 Å². The Bertz CT molecular complexity index is 169. The molecule has 52 valence electrons. The highest BCUT2D eigenvalue weighted by molar-refractivity contribution is 14.1. The maximum absolute atomic E-state index is 3.72. The van der Waals surface area contributed by atoms with Crippen LogP contribution in [-0.4, -0.2) is 9.97 Å². The molecule has 1 rings (SSSR count). The third kappa shape index (κ3) is 8.10. The first-order chi connectivity index (χ1) is 4.91. The van der Waals surface area contributed by atoms with E-state index >= 15 is 0 Å². The minimum absolute atomic E-state index is 1.64. The Hall–Kier alpha value is 0.100. The zero-order chi connectivity index (χ0) is 7.66. The van der Waals surface area contributed by atoms with Crippen LogP contribution in [0.25, 0.3) is 0 Å². The summed E-state index contributed by atoms with van der Waals surface area (Å²) in [6, 6.07) is 0. The molecule has 0 aromatic carbocycles. The fourth-order valence-electron chi connectivity index (χ4n) is 0.253. The summed E-state index contributed by atoms with van der Waals surface area (Å²) in [4.78, 5) is 7.44. The fraction of sp³-hybridized carbons (Fsp3) is 0. The number of rotatable bonds is 0. The molecule has 4 heteroatoms. The molecule has 0 unspecified atom stereocenters. The molecule has 0 aliphatic heterocycles. The van der Waals surface area contributed by atoms with Gasteiger partial charge in [-0.2, -0.15) is 0 Å². The maximum atomic E-state index is 3.72.